The van der Waals surface area contributed by atoms with Crippen molar-refractivity contribution < 1.29 is 13.2 Å². The van der Waals surface area contributed by atoms with Gasteiger partial charge in [-0.25, -0.2) is 13.4 Å². The molecule has 0 radical (unpaired) electrons. The highest BCUT2D eigenvalue weighted by Crippen LogP contribution is 2.17. The lowest BCUT2D eigenvalue weighted by Gasteiger charge is -2.05. The molecule has 1 aliphatic heterocycles. The van der Waals surface area contributed by atoms with Crippen LogP contribution in [0.5, 0.6) is 5.75 Å². The summed E-state index contributed by atoms with van der Waals surface area (Å²) in [6, 6.07) is 7.57. The van der Waals surface area contributed by atoms with Gasteiger partial charge in [-0.3, -0.25) is 0 Å². The largest absolute Gasteiger partial charge is 0.487 e. The highest BCUT2D eigenvalue weighted by Gasteiger charge is 2.20. The van der Waals surface area contributed by atoms with Crippen LogP contribution in [0, 0.1) is 6.92 Å². The molecule has 1 heterocycles. The molecule has 1 aliphatic rings. The van der Waals surface area contributed by atoms with E-state index >= 15 is 0 Å². The Balaban J connectivity index is 2.06. The molecule has 0 bridgehead atoms. The lowest BCUT2D eigenvalue weighted by atomic mass is 10.2. The van der Waals surface area contributed by atoms with Gasteiger partial charge in [-0.1, -0.05) is 12.1 Å². The predicted octanol–water partition coefficient (Wildman–Crippen LogP) is 2.06. The number of aliphatic imine (C=N–C) groups is 1. The van der Waals surface area contributed by atoms with E-state index in [2.05, 4.69) is 4.99 Å². The molecule has 0 unspecified atom stereocenters. The fraction of sp³-hybridized carbons (Fsp3) is 0.250. The smallest absolute Gasteiger partial charge is 0.214 e. The van der Waals surface area contributed by atoms with Crippen LogP contribution in [-0.4, -0.2) is 20.1 Å². The first-order chi connectivity index (χ1) is 7.97. The molecular weight excluding hydrogens is 238 g/mol. The molecule has 0 aliphatic carbocycles. The Morgan fingerprint density at radius 1 is 1.29 bits per heavy atom. The summed E-state index contributed by atoms with van der Waals surface area (Å²) in [5.41, 5.74) is 1.53. The Bertz CT molecular complexity index is 600. The van der Waals surface area contributed by atoms with Crippen LogP contribution < -0.4 is 4.74 Å². The number of ether oxygens (including phenoxy) is 1. The molecule has 0 atom stereocenters. The van der Waals surface area contributed by atoms with Crippen LogP contribution >= 0.6 is 0 Å². The van der Waals surface area contributed by atoms with Crippen LogP contribution in [0.1, 0.15) is 12.5 Å². The highest BCUT2D eigenvalue weighted by atomic mass is 32.2. The fourth-order valence-electron chi connectivity index (χ4n) is 1.49. The van der Waals surface area contributed by atoms with Crippen molar-refractivity contribution in [2.75, 3.05) is 6.61 Å². The maximum atomic E-state index is 11.4. The van der Waals surface area contributed by atoms with Gasteiger partial charge in [0.05, 0.1) is 11.1 Å². The van der Waals surface area contributed by atoms with E-state index in [9.17, 15) is 8.42 Å². The summed E-state index contributed by atoms with van der Waals surface area (Å²) in [5.74, 6) is 0.711. The molecule has 0 amide bonds. The van der Waals surface area contributed by atoms with Gasteiger partial charge in [0.2, 0.25) is 9.84 Å². The van der Waals surface area contributed by atoms with Gasteiger partial charge in [-0.05, 0) is 31.5 Å². The second-order valence-corrected chi connectivity index (χ2v) is 5.81. The van der Waals surface area contributed by atoms with E-state index in [1.54, 1.807) is 0 Å². The molecule has 0 N–H and O–H groups in total. The molecule has 5 heteroatoms. The van der Waals surface area contributed by atoms with E-state index in [1.165, 1.54) is 6.92 Å². The number of hydrogen-bond acceptors (Lipinski definition) is 4. The van der Waals surface area contributed by atoms with Gasteiger partial charge >= 0.3 is 0 Å². The first-order valence-corrected chi connectivity index (χ1v) is 6.72. The van der Waals surface area contributed by atoms with Crippen LogP contribution in [0.25, 0.3) is 0 Å². The zero-order valence-electron chi connectivity index (χ0n) is 9.67. The Morgan fingerprint density at radius 2 is 2.06 bits per heavy atom. The van der Waals surface area contributed by atoms with Gasteiger partial charge in [0, 0.05) is 0 Å². The summed E-state index contributed by atoms with van der Waals surface area (Å²) in [6.45, 7) is 3.61. The SMILES string of the molecule is CC1=NC(COc2cccc(C)c2)=CS1(=O)=O. The molecule has 0 aromatic heterocycles. The number of benzene rings is 1. The van der Waals surface area contributed by atoms with Crippen LogP contribution in [0.3, 0.4) is 0 Å². The van der Waals surface area contributed by atoms with Gasteiger partial charge in [0.15, 0.2) is 0 Å². The van der Waals surface area contributed by atoms with E-state index in [-0.39, 0.29) is 11.7 Å². The zero-order valence-corrected chi connectivity index (χ0v) is 10.5. The molecule has 1 aromatic carbocycles. The van der Waals surface area contributed by atoms with Crippen molar-refractivity contribution in [3.63, 3.8) is 0 Å². The van der Waals surface area contributed by atoms with Crippen LogP contribution in [0.2, 0.25) is 0 Å². The summed E-state index contributed by atoms with van der Waals surface area (Å²) in [4.78, 5) is 3.94. The third kappa shape index (κ3) is 2.74. The average molecular weight is 251 g/mol. The number of sulfone groups is 1. The van der Waals surface area contributed by atoms with Crippen LogP contribution in [-0.2, 0) is 9.84 Å². The molecule has 0 saturated carbocycles. The third-order valence-electron chi connectivity index (χ3n) is 2.38. The van der Waals surface area contributed by atoms with Gasteiger partial charge < -0.3 is 4.74 Å². The predicted molar refractivity (Wildman–Crippen MR) is 66.8 cm³/mol. The minimum atomic E-state index is -3.28. The lowest BCUT2D eigenvalue weighted by molar-refractivity contribution is 0.351. The van der Waals surface area contributed by atoms with Gasteiger partial charge in [-0.15, -0.1) is 0 Å². The van der Waals surface area contributed by atoms with E-state index in [4.69, 9.17) is 4.74 Å². The molecule has 1 aromatic rings. The zero-order chi connectivity index (χ0) is 12.5. The van der Waals surface area contributed by atoms with E-state index in [0.717, 1.165) is 11.0 Å². The number of nitrogens with zero attached hydrogens (tertiary/aromatic N) is 1. The second kappa shape index (κ2) is 4.33. The normalized spacial score (nSPS) is 17.5. The van der Waals surface area contributed by atoms with Crippen molar-refractivity contribution in [3.05, 3.63) is 40.9 Å². The van der Waals surface area contributed by atoms with Crippen LogP contribution in [0.15, 0.2) is 40.4 Å². The Labute approximate surface area is 101 Å². The van der Waals surface area contributed by atoms with Crippen molar-refractivity contribution in [1.29, 1.82) is 0 Å². The van der Waals surface area contributed by atoms with Crippen molar-refractivity contribution in [2.45, 2.75) is 13.8 Å². The molecule has 17 heavy (non-hydrogen) atoms. The molecule has 0 fully saturated rings. The summed E-state index contributed by atoms with van der Waals surface area (Å²) in [7, 11) is -3.28. The van der Waals surface area contributed by atoms with Gasteiger partial charge in [0.1, 0.15) is 17.4 Å². The molecule has 4 nitrogen and oxygen atoms in total. The Hall–Kier alpha value is -1.62. The molecule has 2 rings (SSSR count). The molecule has 90 valence electrons. The maximum Gasteiger partial charge on any atom is 0.214 e. The molecular formula is C12H13NO3S. The van der Waals surface area contributed by atoms with Gasteiger partial charge in [0.25, 0.3) is 0 Å². The first kappa shape index (κ1) is 11.9. The van der Waals surface area contributed by atoms with Crippen molar-refractivity contribution in [3.8, 4) is 5.75 Å². The number of aryl methyl sites for hydroxylation is 1. The Kier molecular flexibility index (Phi) is 3.02. The third-order valence-corrected chi connectivity index (χ3v) is 3.88. The molecule has 0 spiro atoms. The van der Waals surface area contributed by atoms with Crippen molar-refractivity contribution >= 4 is 14.9 Å². The van der Waals surface area contributed by atoms with E-state index in [1.807, 2.05) is 31.2 Å². The fourth-order valence-corrected chi connectivity index (χ4v) is 2.38. The standard InChI is InChI=1S/C12H13NO3S/c1-9-4-3-5-12(6-9)16-7-11-8-17(14,15)10(2)13-11/h3-6,8H,7H2,1-2H3. The Morgan fingerprint density at radius 3 is 2.65 bits per heavy atom. The summed E-state index contributed by atoms with van der Waals surface area (Å²) in [5, 5.41) is 1.28. The average Bonchev–Trinajstić information content (AvgIpc) is 2.50. The number of hydrogen-bond donors (Lipinski definition) is 0. The highest BCUT2D eigenvalue weighted by molar-refractivity contribution is 8.09. The monoisotopic (exact) mass is 251 g/mol. The lowest BCUT2D eigenvalue weighted by Crippen LogP contribution is -2.01. The molecule has 0 saturated heterocycles. The second-order valence-electron chi connectivity index (χ2n) is 3.89. The van der Waals surface area contributed by atoms with E-state index in [0.29, 0.717) is 11.4 Å². The van der Waals surface area contributed by atoms with Crippen molar-refractivity contribution in [1.82, 2.24) is 0 Å². The minimum absolute atomic E-state index is 0.125. The topological polar surface area (TPSA) is 55.7 Å². The summed E-state index contributed by atoms with van der Waals surface area (Å²) >= 11 is 0. The van der Waals surface area contributed by atoms with Gasteiger partial charge in [-0.2, -0.15) is 0 Å². The van der Waals surface area contributed by atoms with Crippen molar-refractivity contribution in [2.24, 2.45) is 4.99 Å². The first-order valence-electron chi connectivity index (χ1n) is 5.18. The minimum Gasteiger partial charge on any atom is -0.487 e. The summed E-state index contributed by atoms with van der Waals surface area (Å²) < 4.78 is 28.2. The quantitative estimate of drug-likeness (QED) is 0.826. The van der Waals surface area contributed by atoms with Crippen LogP contribution in [0.4, 0.5) is 0 Å². The summed E-state index contributed by atoms with van der Waals surface area (Å²) in [6.07, 6.45) is 0. The maximum absolute atomic E-state index is 11.4. The number of rotatable bonds is 3. The van der Waals surface area contributed by atoms with E-state index < -0.39 is 9.84 Å².